The maximum Gasteiger partial charge on any atom is 0.274 e. The number of aromatic amines is 1. The Morgan fingerprint density at radius 1 is 1.50 bits per heavy atom. The van der Waals surface area contributed by atoms with Gasteiger partial charge in [0.25, 0.3) is 5.56 Å². The predicted octanol–water partition coefficient (Wildman–Crippen LogP) is 1.86. The number of hydrogen-bond donors (Lipinski definition) is 1. The molecule has 0 fully saturated rings. The van der Waals surface area contributed by atoms with Crippen molar-refractivity contribution in [2.24, 2.45) is 5.92 Å². The van der Waals surface area contributed by atoms with Gasteiger partial charge in [-0.25, -0.2) is 0 Å². The van der Waals surface area contributed by atoms with Gasteiger partial charge in [-0.15, -0.1) is 0 Å². The van der Waals surface area contributed by atoms with Crippen molar-refractivity contribution in [1.82, 2.24) is 9.78 Å². The van der Waals surface area contributed by atoms with Gasteiger partial charge in [0, 0.05) is 6.54 Å². The van der Waals surface area contributed by atoms with Crippen molar-refractivity contribution in [2.75, 3.05) is 0 Å². The number of nitrogens with one attached hydrogen (secondary N) is 1. The molecule has 0 radical (unpaired) electrons. The summed E-state index contributed by atoms with van der Waals surface area (Å²) < 4.78 is 1.59. The zero-order valence-electron chi connectivity index (χ0n) is 9.32. The second-order valence-corrected chi connectivity index (χ2v) is 4.29. The molecule has 2 aromatic rings. The van der Waals surface area contributed by atoms with Crippen LogP contribution in [-0.2, 0) is 6.54 Å². The topological polar surface area (TPSA) is 61.6 Å². The highest BCUT2D eigenvalue weighted by Gasteiger charge is 2.08. The summed E-state index contributed by atoms with van der Waals surface area (Å²) in [6.45, 7) is 4.77. The number of hydrogen-bond acceptors (Lipinski definition) is 2. The monoisotopic (exact) mass is 215 g/mol. The normalized spacial score (nSPS) is 10.9. The van der Waals surface area contributed by atoms with E-state index in [1.165, 1.54) is 0 Å². The molecule has 1 N–H and O–H groups in total. The molecule has 0 aliphatic carbocycles. The fraction of sp³-hybridized carbons (Fsp3) is 0.333. The molecule has 0 aliphatic rings. The third-order valence-electron chi connectivity index (χ3n) is 2.43. The van der Waals surface area contributed by atoms with Crippen LogP contribution in [-0.4, -0.2) is 9.78 Å². The Balaban J connectivity index is 2.61. The second kappa shape index (κ2) is 3.86. The first-order valence-electron chi connectivity index (χ1n) is 5.24. The van der Waals surface area contributed by atoms with Gasteiger partial charge >= 0.3 is 0 Å². The van der Waals surface area contributed by atoms with E-state index in [4.69, 9.17) is 5.26 Å². The van der Waals surface area contributed by atoms with Crippen molar-refractivity contribution in [3.63, 3.8) is 0 Å². The number of fused-ring (bicyclic) bond motifs is 1. The Hall–Kier alpha value is -2.02. The zero-order valence-corrected chi connectivity index (χ0v) is 9.32. The van der Waals surface area contributed by atoms with Crippen molar-refractivity contribution in [2.45, 2.75) is 20.4 Å². The standard InChI is InChI=1S/C12H13N3O/c1-8(2)7-15-12(16)10-5-9(6-13)3-4-11(10)14-15/h3-5,8,14H,7H2,1-2H3. The van der Waals surface area contributed by atoms with E-state index >= 15 is 0 Å². The summed E-state index contributed by atoms with van der Waals surface area (Å²) in [5.74, 6) is 0.404. The minimum Gasteiger partial charge on any atom is -0.295 e. The minimum atomic E-state index is -0.0548. The van der Waals surface area contributed by atoms with Crippen LogP contribution in [0.2, 0.25) is 0 Å². The van der Waals surface area contributed by atoms with Gasteiger partial charge in [-0.2, -0.15) is 5.26 Å². The molecule has 4 heteroatoms. The van der Waals surface area contributed by atoms with E-state index in [1.807, 2.05) is 6.07 Å². The molecule has 1 aromatic carbocycles. The van der Waals surface area contributed by atoms with Crippen LogP contribution in [0.4, 0.5) is 0 Å². The quantitative estimate of drug-likeness (QED) is 0.831. The number of aromatic nitrogens is 2. The number of H-pyrrole nitrogens is 1. The number of nitrogens with zero attached hydrogens (tertiary/aromatic N) is 2. The fourth-order valence-electron chi connectivity index (χ4n) is 1.72. The van der Waals surface area contributed by atoms with Crippen LogP contribution >= 0.6 is 0 Å². The molecule has 0 amide bonds. The average Bonchev–Trinajstić information content (AvgIpc) is 2.55. The first-order valence-corrected chi connectivity index (χ1v) is 5.24. The average molecular weight is 215 g/mol. The molecule has 0 atom stereocenters. The van der Waals surface area contributed by atoms with Crippen LogP contribution in [0, 0.1) is 17.2 Å². The summed E-state index contributed by atoms with van der Waals surface area (Å²) in [6.07, 6.45) is 0. The van der Waals surface area contributed by atoms with E-state index in [-0.39, 0.29) is 5.56 Å². The highest BCUT2D eigenvalue weighted by Crippen LogP contribution is 2.10. The fourth-order valence-corrected chi connectivity index (χ4v) is 1.72. The lowest BCUT2D eigenvalue weighted by atomic mass is 10.2. The van der Waals surface area contributed by atoms with Gasteiger partial charge in [0.05, 0.1) is 22.5 Å². The van der Waals surface area contributed by atoms with Gasteiger partial charge in [0.15, 0.2) is 0 Å². The SMILES string of the molecule is CC(C)Cn1[nH]c2ccc(C#N)cc2c1=O. The number of rotatable bonds is 2. The van der Waals surface area contributed by atoms with Gasteiger partial charge < -0.3 is 0 Å². The highest BCUT2D eigenvalue weighted by atomic mass is 16.1. The Bertz CT molecular complexity index is 613. The third kappa shape index (κ3) is 1.72. The van der Waals surface area contributed by atoms with Gasteiger partial charge in [0.1, 0.15) is 0 Å². The molecule has 16 heavy (non-hydrogen) atoms. The number of nitriles is 1. The van der Waals surface area contributed by atoms with E-state index in [9.17, 15) is 4.79 Å². The lowest BCUT2D eigenvalue weighted by Gasteiger charge is -2.03. The molecule has 0 bridgehead atoms. The molecule has 2 rings (SSSR count). The molecule has 0 saturated carbocycles. The zero-order chi connectivity index (χ0) is 11.7. The summed E-state index contributed by atoms with van der Waals surface area (Å²) >= 11 is 0. The van der Waals surface area contributed by atoms with Crippen LogP contribution < -0.4 is 5.56 Å². The highest BCUT2D eigenvalue weighted by molar-refractivity contribution is 5.79. The molecule has 82 valence electrons. The van der Waals surface area contributed by atoms with Gasteiger partial charge in [0.2, 0.25) is 0 Å². The van der Waals surface area contributed by atoms with Gasteiger partial charge in [-0.05, 0) is 24.1 Å². The van der Waals surface area contributed by atoms with Crippen molar-refractivity contribution in [3.8, 4) is 6.07 Å². The van der Waals surface area contributed by atoms with Crippen molar-refractivity contribution >= 4 is 10.9 Å². The van der Waals surface area contributed by atoms with Crippen LogP contribution in [0.3, 0.4) is 0 Å². The molecular formula is C12H13N3O. The number of benzene rings is 1. The molecule has 1 heterocycles. The lowest BCUT2D eigenvalue weighted by molar-refractivity contribution is 0.476. The Morgan fingerprint density at radius 3 is 2.88 bits per heavy atom. The smallest absolute Gasteiger partial charge is 0.274 e. The molecular weight excluding hydrogens is 202 g/mol. The maximum absolute atomic E-state index is 12.0. The van der Waals surface area contributed by atoms with E-state index in [0.717, 1.165) is 5.52 Å². The van der Waals surface area contributed by atoms with Crippen LogP contribution in [0.25, 0.3) is 10.9 Å². The minimum absolute atomic E-state index is 0.0548. The maximum atomic E-state index is 12.0. The Labute approximate surface area is 93.1 Å². The molecule has 0 aliphatic heterocycles. The first-order chi connectivity index (χ1) is 7.61. The van der Waals surface area contributed by atoms with Crippen molar-refractivity contribution in [3.05, 3.63) is 34.1 Å². The van der Waals surface area contributed by atoms with E-state index < -0.39 is 0 Å². The second-order valence-electron chi connectivity index (χ2n) is 4.29. The lowest BCUT2D eigenvalue weighted by Crippen LogP contribution is -2.19. The van der Waals surface area contributed by atoms with Gasteiger partial charge in [-0.1, -0.05) is 13.8 Å². The summed E-state index contributed by atoms with van der Waals surface area (Å²) in [7, 11) is 0. The molecule has 0 spiro atoms. The largest absolute Gasteiger partial charge is 0.295 e. The molecule has 0 saturated heterocycles. The summed E-state index contributed by atoms with van der Waals surface area (Å²) in [5.41, 5.74) is 1.24. The van der Waals surface area contributed by atoms with Crippen molar-refractivity contribution in [1.29, 1.82) is 5.26 Å². The molecule has 0 unspecified atom stereocenters. The van der Waals surface area contributed by atoms with Crippen molar-refractivity contribution < 1.29 is 0 Å². The summed E-state index contributed by atoms with van der Waals surface area (Å²) in [4.78, 5) is 12.0. The first kappa shape index (κ1) is 10.5. The van der Waals surface area contributed by atoms with Crippen LogP contribution in [0.5, 0.6) is 0 Å². The van der Waals surface area contributed by atoms with Gasteiger partial charge in [-0.3, -0.25) is 14.6 Å². The van der Waals surface area contributed by atoms with E-state index in [0.29, 0.717) is 23.4 Å². The summed E-state index contributed by atoms with van der Waals surface area (Å²) in [6, 6.07) is 7.14. The van der Waals surface area contributed by atoms with Crippen LogP contribution in [0.15, 0.2) is 23.0 Å². The molecule has 1 aromatic heterocycles. The van der Waals surface area contributed by atoms with E-state index in [1.54, 1.807) is 22.9 Å². The third-order valence-corrected chi connectivity index (χ3v) is 2.43. The van der Waals surface area contributed by atoms with Crippen LogP contribution in [0.1, 0.15) is 19.4 Å². The molecule has 4 nitrogen and oxygen atoms in total. The predicted molar refractivity (Wildman–Crippen MR) is 62.1 cm³/mol. The van der Waals surface area contributed by atoms with E-state index in [2.05, 4.69) is 18.9 Å². The summed E-state index contributed by atoms with van der Waals surface area (Å²) in [5, 5.41) is 12.4. The Kier molecular flexibility index (Phi) is 2.53. The Morgan fingerprint density at radius 2 is 2.25 bits per heavy atom.